The van der Waals surface area contributed by atoms with Crippen molar-refractivity contribution in [2.45, 2.75) is 24.0 Å². The Hall–Kier alpha value is -5.02. The Labute approximate surface area is 255 Å². The van der Waals surface area contributed by atoms with Gasteiger partial charge in [-0.05, 0) is 74.0 Å². The summed E-state index contributed by atoms with van der Waals surface area (Å²) in [6.45, 7) is 3.76. The number of carbonyl (C=O) groups excluding carboxylic acids is 3. The summed E-state index contributed by atoms with van der Waals surface area (Å²) >= 11 is 1.37. The molecule has 0 saturated carbocycles. The van der Waals surface area contributed by atoms with Gasteiger partial charge in [-0.25, -0.2) is 0 Å². The Morgan fingerprint density at radius 3 is 2.23 bits per heavy atom. The molecule has 9 heteroatoms. The van der Waals surface area contributed by atoms with Crippen LogP contribution in [0, 0.1) is 6.92 Å². The van der Waals surface area contributed by atoms with Crippen LogP contribution in [-0.2, 0) is 9.59 Å². The van der Waals surface area contributed by atoms with E-state index >= 15 is 0 Å². The van der Waals surface area contributed by atoms with Gasteiger partial charge in [-0.2, -0.15) is 0 Å². The number of anilines is 2. The Bertz CT molecular complexity index is 1620. The monoisotopic (exact) mass is 595 g/mol. The summed E-state index contributed by atoms with van der Waals surface area (Å²) < 4.78 is 10.6. The first-order chi connectivity index (χ1) is 20.7. The summed E-state index contributed by atoms with van der Waals surface area (Å²) in [6, 6.07) is 28.7. The second-order valence-corrected chi connectivity index (χ2v) is 11.0. The first-order valence-corrected chi connectivity index (χ1v) is 14.4. The van der Waals surface area contributed by atoms with Gasteiger partial charge in [0.2, 0.25) is 5.91 Å². The van der Waals surface area contributed by atoms with E-state index in [2.05, 4.69) is 16.0 Å². The summed E-state index contributed by atoms with van der Waals surface area (Å²) in [5.74, 6) is 0.0770. The second kappa shape index (κ2) is 14.7. The van der Waals surface area contributed by atoms with Crippen LogP contribution in [0.3, 0.4) is 0 Å². The highest BCUT2D eigenvalue weighted by Gasteiger charge is 2.18. The molecule has 4 aromatic carbocycles. The molecule has 0 saturated heterocycles. The van der Waals surface area contributed by atoms with Crippen molar-refractivity contribution < 1.29 is 23.9 Å². The average Bonchev–Trinajstić information content (AvgIpc) is 3.02. The van der Waals surface area contributed by atoms with Crippen LogP contribution in [0.4, 0.5) is 11.4 Å². The minimum absolute atomic E-state index is 0.108. The van der Waals surface area contributed by atoms with Crippen molar-refractivity contribution in [3.8, 4) is 11.5 Å². The lowest BCUT2D eigenvalue weighted by atomic mass is 10.1. The molecule has 0 aliphatic carbocycles. The molecule has 43 heavy (non-hydrogen) atoms. The largest absolute Gasteiger partial charge is 0.497 e. The van der Waals surface area contributed by atoms with Gasteiger partial charge in [0.25, 0.3) is 11.8 Å². The SMILES string of the molecule is COc1ccc(OC)c(NC(=O)C(C)Sc2ccc(NC(=O)/C(=C/c3cccc(C)c3)NC(=O)c3ccccc3)cc2)c1. The van der Waals surface area contributed by atoms with E-state index in [9.17, 15) is 14.4 Å². The van der Waals surface area contributed by atoms with Gasteiger partial charge in [-0.1, -0.05) is 48.0 Å². The van der Waals surface area contributed by atoms with Gasteiger partial charge in [0, 0.05) is 22.2 Å². The smallest absolute Gasteiger partial charge is 0.272 e. The van der Waals surface area contributed by atoms with Crippen molar-refractivity contribution in [1.29, 1.82) is 0 Å². The average molecular weight is 596 g/mol. The highest BCUT2D eigenvalue weighted by molar-refractivity contribution is 8.00. The van der Waals surface area contributed by atoms with E-state index < -0.39 is 11.2 Å². The van der Waals surface area contributed by atoms with Crippen molar-refractivity contribution in [2.75, 3.05) is 24.9 Å². The highest BCUT2D eigenvalue weighted by atomic mass is 32.2. The fourth-order valence-electron chi connectivity index (χ4n) is 4.09. The van der Waals surface area contributed by atoms with E-state index in [1.165, 1.54) is 18.9 Å². The number of hydrogen-bond acceptors (Lipinski definition) is 6. The zero-order valence-corrected chi connectivity index (χ0v) is 25.2. The lowest BCUT2D eigenvalue weighted by Gasteiger charge is -2.15. The minimum atomic E-state index is -0.467. The van der Waals surface area contributed by atoms with Crippen LogP contribution < -0.4 is 25.4 Å². The molecular weight excluding hydrogens is 562 g/mol. The standard InChI is InChI=1S/C34H33N3O5S/c1-22-9-8-10-24(19-22)20-30(37-33(39)25-11-6-5-7-12-25)34(40)35-26-13-16-28(17-14-26)43-23(2)32(38)36-29-21-27(41-3)15-18-31(29)42-4/h5-21,23H,1-4H3,(H,35,40)(H,36,38)(H,37,39)/b30-20-. The zero-order valence-electron chi connectivity index (χ0n) is 24.3. The molecule has 0 spiro atoms. The molecular formula is C34H33N3O5S. The number of aryl methyl sites for hydroxylation is 1. The Morgan fingerprint density at radius 1 is 0.814 bits per heavy atom. The number of ether oxygens (including phenoxy) is 2. The third-order valence-electron chi connectivity index (χ3n) is 6.34. The number of nitrogens with one attached hydrogen (secondary N) is 3. The van der Waals surface area contributed by atoms with E-state index in [-0.39, 0.29) is 17.5 Å². The molecule has 0 aliphatic heterocycles. The minimum Gasteiger partial charge on any atom is -0.497 e. The van der Waals surface area contributed by atoms with Crippen molar-refractivity contribution in [3.63, 3.8) is 0 Å². The molecule has 1 unspecified atom stereocenters. The molecule has 3 amide bonds. The normalized spacial score (nSPS) is 11.7. The molecule has 1 atom stereocenters. The lowest BCUT2D eigenvalue weighted by molar-refractivity contribution is -0.115. The maximum atomic E-state index is 13.3. The number of thioether (sulfide) groups is 1. The zero-order chi connectivity index (χ0) is 30.8. The number of methoxy groups -OCH3 is 2. The van der Waals surface area contributed by atoms with Crippen LogP contribution in [0.2, 0.25) is 0 Å². The third-order valence-corrected chi connectivity index (χ3v) is 7.45. The van der Waals surface area contributed by atoms with Crippen molar-refractivity contribution >= 4 is 46.9 Å². The van der Waals surface area contributed by atoms with Crippen LogP contribution in [0.1, 0.15) is 28.4 Å². The fourth-order valence-corrected chi connectivity index (χ4v) is 4.96. The summed E-state index contributed by atoms with van der Waals surface area (Å²) in [4.78, 5) is 39.9. The first kappa shape index (κ1) is 30.9. The van der Waals surface area contributed by atoms with Gasteiger partial charge in [0.05, 0.1) is 25.2 Å². The molecule has 0 aliphatic rings. The summed E-state index contributed by atoms with van der Waals surface area (Å²) in [5.41, 5.74) is 3.42. The van der Waals surface area contributed by atoms with Crippen LogP contribution in [-0.4, -0.2) is 37.2 Å². The third kappa shape index (κ3) is 8.73. The van der Waals surface area contributed by atoms with Gasteiger partial charge in [-0.15, -0.1) is 11.8 Å². The molecule has 4 rings (SSSR count). The van der Waals surface area contributed by atoms with E-state index in [1.54, 1.807) is 74.7 Å². The van der Waals surface area contributed by atoms with Gasteiger partial charge in [0.1, 0.15) is 17.2 Å². The number of hydrogen-bond donors (Lipinski definition) is 3. The molecule has 0 fully saturated rings. The van der Waals surface area contributed by atoms with Crippen LogP contribution in [0.25, 0.3) is 6.08 Å². The molecule has 0 aromatic heterocycles. The predicted octanol–water partition coefficient (Wildman–Crippen LogP) is 6.54. The molecule has 220 valence electrons. The van der Waals surface area contributed by atoms with Gasteiger partial charge in [0.15, 0.2) is 0 Å². The Kier molecular flexibility index (Phi) is 10.6. The van der Waals surface area contributed by atoms with Gasteiger partial charge in [-0.3, -0.25) is 14.4 Å². The second-order valence-electron chi connectivity index (χ2n) is 9.59. The molecule has 4 aromatic rings. The molecule has 3 N–H and O–H groups in total. The Morgan fingerprint density at radius 2 is 1.56 bits per heavy atom. The van der Waals surface area contributed by atoms with Crippen molar-refractivity contribution in [1.82, 2.24) is 5.32 Å². The fraction of sp³-hybridized carbons (Fsp3) is 0.147. The van der Waals surface area contributed by atoms with Gasteiger partial charge >= 0.3 is 0 Å². The number of carbonyl (C=O) groups is 3. The number of benzene rings is 4. The first-order valence-electron chi connectivity index (χ1n) is 13.5. The van der Waals surface area contributed by atoms with E-state index in [0.29, 0.717) is 28.4 Å². The summed E-state index contributed by atoms with van der Waals surface area (Å²) in [7, 11) is 3.09. The maximum absolute atomic E-state index is 13.3. The quantitative estimate of drug-likeness (QED) is 0.134. The maximum Gasteiger partial charge on any atom is 0.272 e. The van der Waals surface area contributed by atoms with Crippen LogP contribution >= 0.6 is 11.8 Å². The highest BCUT2D eigenvalue weighted by Crippen LogP contribution is 2.31. The Balaban J connectivity index is 1.43. The van der Waals surface area contributed by atoms with Crippen molar-refractivity contribution in [3.05, 3.63) is 119 Å². The molecule has 0 radical (unpaired) electrons. The van der Waals surface area contributed by atoms with E-state index in [0.717, 1.165) is 16.0 Å². The molecule has 0 heterocycles. The predicted molar refractivity (Wildman–Crippen MR) is 172 cm³/mol. The molecule has 8 nitrogen and oxygen atoms in total. The van der Waals surface area contributed by atoms with Crippen molar-refractivity contribution in [2.24, 2.45) is 0 Å². The summed E-state index contributed by atoms with van der Waals surface area (Å²) in [6.07, 6.45) is 1.64. The topological polar surface area (TPSA) is 106 Å². The van der Waals surface area contributed by atoms with Gasteiger partial charge < -0.3 is 25.4 Å². The van der Waals surface area contributed by atoms with E-state index in [1.807, 2.05) is 49.4 Å². The molecule has 0 bridgehead atoms. The number of amides is 3. The van der Waals surface area contributed by atoms with Crippen LogP contribution in [0.5, 0.6) is 11.5 Å². The lowest BCUT2D eigenvalue weighted by Crippen LogP contribution is -2.30. The summed E-state index contributed by atoms with van der Waals surface area (Å²) in [5, 5.41) is 8.08. The number of rotatable bonds is 11. The van der Waals surface area contributed by atoms with E-state index in [4.69, 9.17) is 9.47 Å². The van der Waals surface area contributed by atoms with Crippen LogP contribution in [0.15, 0.2) is 108 Å².